The zero-order chi connectivity index (χ0) is 12.1. The molecule has 0 radical (unpaired) electrons. The monoisotopic (exact) mass is 236 g/mol. The zero-order valence-electron chi connectivity index (χ0n) is 10.4. The molecule has 1 heterocycles. The quantitative estimate of drug-likeness (QED) is 0.839. The van der Waals surface area contributed by atoms with Crippen LogP contribution in [0.25, 0.3) is 0 Å². The predicted molar refractivity (Wildman–Crippen MR) is 68.4 cm³/mol. The minimum Gasteiger partial charge on any atom is -0.316 e. The first-order valence-electron chi connectivity index (χ1n) is 6.43. The van der Waals surface area contributed by atoms with Crippen molar-refractivity contribution in [3.8, 4) is 0 Å². The summed E-state index contributed by atoms with van der Waals surface area (Å²) < 4.78 is 13.7. The van der Waals surface area contributed by atoms with Crippen LogP contribution in [-0.2, 0) is 0 Å². The Hall–Kier alpha value is -0.930. The van der Waals surface area contributed by atoms with E-state index in [1.165, 1.54) is 12.8 Å². The first-order chi connectivity index (χ1) is 8.31. The third kappa shape index (κ3) is 3.27. The molecule has 1 aromatic carbocycles. The van der Waals surface area contributed by atoms with E-state index in [1.54, 1.807) is 12.1 Å². The van der Waals surface area contributed by atoms with Gasteiger partial charge in [-0.1, -0.05) is 18.2 Å². The van der Waals surface area contributed by atoms with E-state index in [-0.39, 0.29) is 11.9 Å². The van der Waals surface area contributed by atoms with Crippen LogP contribution >= 0.6 is 0 Å². The van der Waals surface area contributed by atoms with Gasteiger partial charge in [0.05, 0.1) is 0 Å². The Bertz CT molecular complexity index is 348. The van der Waals surface area contributed by atoms with E-state index in [0.717, 1.165) is 25.1 Å². The van der Waals surface area contributed by atoms with Crippen LogP contribution in [0.5, 0.6) is 0 Å². The van der Waals surface area contributed by atoms with E-state index >= 15 is 0 Å². The summed E-state index contributed by atoms with van der Waals surface area (Å²) >= 11 is 0. The van der Waals surface area contributed by atoms with Crippen molar-refractivity contribution in [2.24, 2.45) is 5.92 Å². The predicted octanol–water partition coefficient (Wildman–Crippen LogP) is 2.48. The lowest BCUT2D eigenvalue weighted by Gasteiger charge is -2.27. The van der Waals surface area contributed by atoms with Crippen LogP contribution in [0.2, 0.25) is 0 Å². The maximum Gasteiger partial charge on any atom is 0.127 e. The van der Waals surface area contributed by atoms with Gasteiger partial charge < -0.3 is 10.6 Å². The molecule has 0 spiro atoms. The molecule has 0 bridgehead atoms. The number of hydrogen-bond acceptors (Lipinski definition) is 2. The van der Waals surface area contributed by atoms with Gasteiger partial charge in [0, 0.05) is 11.6 Å². The lowest BCUT2D eigenvalue weighted by Crippen LogP contribution is -2.32. The smallest absolute Gasteiger partial charge is 0.127 e. The van der Waals surface area contributed by atoms with Gasteiger partial charge in [-0.15, -0.1) is 0 Å². The molecule has 0 aliphatic carbocycles. The molecule has 0 saturated carbocycles. The van der Waals surface area contributed by atoms with Crippen LogP contribution in [0.4, 0.5) is 4.39 Å². The molecule has 2 unspecified atom stereocenters. The number of nitrogens with one attached hydrogen (secondary N) is 2. The molecule has 2 atom stereocenters. The SMILES string of the molecule is CNC(CC1CCCNC1)c1ccccc1F. The van der Waals surface area contributed by atoms with Crippen molar-refractivity contribution < 1.29 is 4.39 Å². The first-order valence-corrected chi connectivity index (χ1v) is 6.43. The molecule has 0 aromatic heterocycles. The van der Waals surface area contributed by atoms with Gasteiger partial charge in [0.1, 0.15) is 5.82 Å². The molecular weight excluding hydrogens is 215 g/mol. The highest BCUT2D eigenvalue weighted by atomic mass is 19.1. The molecule has 1 fully saturated rings. The Labute approximate surface area is 103 Å². The molecule has 1 aliphatic heterocycles. The number of halogens is 1. The summed E-state index contributed by atoms with van der Waals surface area (Å²) in [5.74, 6) is 0.552. The largest absolute Gasteiger partial charge is 0.316 e. The molecule has 1 aromatic rings. The fraction of sp³-hybridized carbons (Fsp3) is 0.571. The average Bonchev–Trinajstić information content (AvgIpc) is 2.38. The standard InChI is InChI=1S/C14H21FN2/c1-16-14(9-11-5-4-8-17-10-11)12-6-2-3-7-13(12)15/h2-3,6-7,11,14,16-17H,4-5,8-10H2,1H3. The van der Waals surface area contributed by atoms with E-state index in [2.05, 4.69) is 10.6 Å². The second-order valence-electron chi connectivity index (χ2n) is 4.81. The minimum atomic E-state index is -0.101. The van der Waals surface area contributed by atoms with E-state index < -0.39 is 0 Å². The van der Waals surface area contributed by atoms with Gasteiger partial charge in [0.25, 0.3) is 0 Å². The van der Waals surface area contributed by atoms with E-state index in [0.29, 0.717) is 5.92 Å². The molecule has 94 valence electrons. The van der Waals surface area contributed by atoms with Gasteiger partial charge in [-0.2, -0.15) is 0 Å². The average molecular weight is 236 g/mol. The van der Waals surface area contributed by atoms with Gasteiger partial charge >= 0.3 is 0 Å². The summed E-state index contributed by atoms with van der Waals surface area (Å²) in [5.41, 5.74) is 0.792. The van der Waals surface area contributed by atoms with Gasteiger partial charge in [-0.3, -0.25) is 0 Å². The van der Waals surface area contributed by atoms with Crippen LogP contribution in [0.15, 0.2) is 24.3 Å². The summed E-state index contributed by atoms with van der Waals surface area (Å²) in [5, 5.41) is 6.65. The highest BCUT2D eigenvalue weighted by molar-refractivity contribution is 5.21. The van der Waals surface area contributed by atoms with Crippen molar-refractivity contribution in [2.75, 3.05) is 20.1 Å². The van der Waals surface area contributed by atoms with Crippen molar-refractivity contribution >= 4 is 0 Å². The molecule has 1 saturated heterocycles. The molecule has 2 nitrogen and oxygen atoms in total. The zero-order valence-corrected chi connectivity index (χ0v) is 10.4. The van der Waals surface area contributed by atoms with Crippen LogP contribution in [-0.4, -0.2) is 20.1 Å². The third-order valence-electron chi connectivity index (χ3n) is 3.60. The van der Waals surface area contributed by atoms with Crippen LogP contribution < -0.4 is 10.6 Å². The van der Waals surface area contributed by atoms with Gasteiger partial charge in [-0.05, 0) is 51.4 Å². The second-order valence-corrected chi connectivity index (χ2v) is 4.81. The van der Waals surface area contributed by atoms with Crippen molar-refractivity contribution in [3.05, 3.63) is 35.6 Å². The third-order valence-corrected chi connectivity index (χ3v) is 3.60. The van der Waals surface area contributed by atoms with E-state index in [9.17, 15) is 4.39 Å². The Morgan fingerprint density at radius 2 is 2.29 bits per heavy atom. The number of rotatable bonds is 4. The molecule has 1 aliphatic rings. The number of hydrogen-bond donors (Lipinski definition) is 2. The molecular formula is C14H21FN2. The van der Waals surface area contributed by atoms with Crippen molar-refractivity contribution in [1.29, 1.82) is 0 Å². The minimum absolute atomic E-state index is 0.101. The Morgan fingerprint density at radius 1 is 1.47 bits per heavy atom. The second kappa shape index (κ2) is 6.12. The lowest BCUT2D eigenvalue weighted by atomic mass is 9.89. The summed E-state index contributed by atoms with van der Waals surface area (Å²) in [6.45, 7) is 2.19. The molecule has 0 amide bonds. The number of benzene rings is 1. The first kappa shape index (κ1) is 12.5. The van der Waals surface area contributed by atoms with Crippen LogP contribution in [0, 0.1) is 11.7 Å². The normalized spacial score (nSPS) is 22.4. The van der Waals surface area contributed by atoms with Gasteiger partial charge in [0.2, 0.25) is 0 Å². The summed E-state index contributed by atoms with van der Waals surface area (Å²) in [4.78, 5) is 0. The summed E-state index contributed by atoms with van der Waals surface area (Å²) in [6, 6.07) is 7.20. The fourth-order valence-electron chi connectivity index (χ4n) is 2.62. The molecule has 2 rings (SSSR count). The molecule has 2 N–H and O–H groups in total. The maximum atomic E-state index is 13.7. The Kier molecular flexibility index (Phi) is 4.51. The van der Waals surface area contributed by atoms with Crippen molar-refractivity contribution in [3.63, 3.8) is 0 Å². The lowest BCUT2D eigenvalue weighted by molar-refractivity contribution is 0.319. The van der Waals surface area contributed by atoms with E-state index in [4.69, 9.17) is 0 Å². The fourth-order valence-corrected chi connectivity index (χ4v) is 2.62. The maximum absolute atomic E-state index is 13.7. The van der Waals surface area contributed by atoms with Crippen LogP contribution in [0.3, 0.4) is 0 Å². The molecule has 3 heteroatoms. The summed E-state index contributed by atoms with van der Waals surface area (Å²) in [6.07, 6.45) is 3.49. The molecule has 17 heavy (non-hydrogen) atoms. The highest BCUT2D eigenvalue weighted by Gasteiger charge is 2.20. The van der Waals surface area contributed by atoms with Crippen molar-refractivity contribution in [2.45, 2.75) is 25.3 Å². The van der Waals surface area contributed by atoms with Crippen molar-refractivity contribution in [1.82, 2.24) is 10.6 Å². The number of piperidine rings is 1. The Morgan fingerprint density at radius 3 is 2.94 bits per heavy atom. The summed E-state index contributed by atoms with van der Waals surface area (Å²) in [7, 11) is 1.91. The van der Waals surface area contributed by atoms with Crippen LogP contribution in [0.1, 0.15) is 30.9 Å². The van der Waals surface area contributed by atoms with Gasteiger partial charge in [0.15, 0.2) is 0 Å². The Balaban J connectivity index is 2.03. The van der Waals surface area contributed by atoms with E-state index in [1.807, 2.05) is 19.2 Å². The van der Waals surface area contributed by atoms with Gasteiger partial charge in [-0.25, -0.2) is 4.39 Å². The topological polar surface area (TPSA) is 24.1 Å². The highest BCUT2D eigenvalue weighted by Crippen LogP contribution is 2.26.